The SMILES string of the molecule is C=C1C2C3C1C23. The number of hydrogen-bond acceptors (Lipinski definition) is 0. The maximum atomic E-state index is 3.91. The van der Waals surface area contributed by atoms with E-state index in [4.69, 9.17) is 0 Å². The predicted molar refractivity (Wildman–Crippen MR) is 23.1 cm³/mol. The molecule has 0 nitrogen and oxygen atoms in total. The zero-order valence-electron chi connectivity index (χ0n) is 3.52. The lowest BCUT2D eigenvalue weighted by Gasteiger charge is -2.26. The Labute approximate surface area is 36.9 Å². The molecule has 0 heteroatoms. The van der Waals surface area contributed by atoms with E-state index >= 15 is 0 Å². The van der Waals surface area contributed by atoms with E-state index in [1.54, 1.807) is 5.57 Å². The minimum Gasteiger partial charge on any atom is -0.0993 e. The highest BCUT2D eigenvalue weighted by atomic mass is 14.9. The molecule has 4 fully saturated rings. The standard InChI is InChI=1S/C6H6/c1-2-3-5-4(2)6(3)5/h3-6H,1H2. The maximum Gasteiger partial charge on any atom is -0.0128 e. The molecule has 4 rings (SSSR count). The summed E-state index contributed by atoms with van der Waals surface area (Å²) in [5.41, 5.74) is 1.57. The van der Waals surface area contributed by atoms with E-state index in [0.717, 1.165) is 11.8 Å². The second-order valence-electron chi connectivity index (χ2n) is 2.78. The summed E-state index contributed by atoms with van der Waals surface area (Å²) in [5.74, 6) is 4.51. The van der Waals surface area contributed by atoms with Crippen LogP contribution in [0.5, 0.6) is 0 Å². The molecule has 2 bridgehead atoms. The van der Waals surface area contributed by atoms with Gasteiger partial charge in [-0.2, -0.15) is 0 Å². The van der Waals surface area contributed by atoms with E-state index in [0.29, 0.717) is 0 Å². The van der Waals surface area contributed by atoms with Crippen molar-refractivity contribution < 1.29 is 0 Å². The summed E-state index contributed by atoms with van der Waals surface area (Å²) >= 11 is 0. The van der Waals surface area contributed by atoms with Crippen molar-refractivity contribution in [2.24, 2.45) is 23.7 Å². The molecule has 6 heavy (non-hydrogen) atoms. The lowest BCUT2D eigenvalue weighted by atomic mass is 9.78. The second kappa shape index (κ2) is 0.305. The first-order chi connectivity index (χ1) is 2.91. The fraction of sp³-hybridized carbons (Fsp3) is 0.667. The predicted octanol–water partition coefficient (Wildman–Crippen LogP) is 1.05. The molecule has 0 unspecified atom stereocenters. The van der Waals surface area contributed by atoms with Crippen LogP contribution in [-0.4, -0.2) is 0 Å². The molecule has 0 amide bonds. The van der Waals surface area contributed by atoms with E-state index < -0.39 is 0 Å². The molecule has 0 aromatic heterocycles. The molecule has 0 saturated heterocycles. The van der Waals surface area contributed by atoms with Crippen LogP contribution in [0.3, 0.4) is 0 Å². The van der Waals surface area contributed by atoms with E-state index in [-0.39, 0.29) is 0 Å². The summed E-state index contributed by atoms with van der Waals surface area (Å²) in [6, 6.07) is 0. The first-order valence-electron chi connectivity index (χ1n) is 2.60. The van der Waals surface area contributed by atoms with Gasteiger partial charge in [0.25, 0.3) is 0 Å². The Kier molecular flexibility index (Phi) is 0.109. The zero-order valence-corrected chi connectivity index (χ0v) is 3.52. The fourth-order valence-corrected chi connectivity index (χ4v) is 1.99. The maximum absolute atomic E-state index is 3.91. The van der Waals surface area contributed by atoms with E-state index in [1.807, 2.05) is 0 Å². The molecule has 0 atom stereocenters. The third-order valence-corrected chi connectivity index (χ3v) is 2.68. The van der Waals surface area contributed by atoms with Gasteiger partial charge >= 0.3 is 0 Å². The Morgan fingerprint density at radius 1 is 1.17 bits per heavy atom. The third kappa shape index (κ3) is 0.0498. The van der Waals surface area contributed by atoms with Crippen LogP contribution in [0.4, 0.5) is 0 Å². The molecule has 0 heterocycles. The lowest BCUT2D eigenvalue weighted by molar-refractivity contribution is 0.423. The van der Waals surface area contributed by atoms with Gasteiger partial charge in [0.2, 0.25) is 0 Å². The van der Waals surface area contributed by atoms with Gasteiger partial charge in [-0.1, -0.05) is 12.2 Å². The fourth-order valence-electron chi connectivity index (χ4n) is 1.99. The number of allylic oxidation sites excluding steroid dienone is 1. The molecule has 0 radical (unpaired) electrons. The average Bonchev–Trinajstić information content (AvgIpc) is 2.10. The van der Waals surface area contributed by atoms with E-state index in [2.05, 4.69) is 6.58 Å². The molecule has 4 aliphatic rings. The van der Waals surface area contributed by atoms with E-state index in [1.165, 1.54) is 11.8 Å². The molecule has 4 aliphatic carbocycles. The highest BCUT2D eigenvalue weighted by Crippen LogP contribution is 2.90. The normalized spacial score (nSPS) is 78.3. The van der Waals surface area contributed by atoms with Crippen LogP contribution in [0, 0.1) is 23.7 Å². The van der Waals surface area contributed by atoms with Gasteiger partial charge in [-0.3, -0.25) is 0 Å². The van der Waals surface area contributed by atoms with Crippen LogP contribution in [0.1, 0.15) is 0 Å². The largest absolute Gasteiger partial charge is 0.0993 e. The summed E-state index contributed by atoms with van der Waals surface area (Å²) in [6.07, 6.45) is 0. The molecule has 0 aliphatic heterocycles. The van der Waals surface area contributed by atoms with Crippen LogP contribution in [0.25, 0.3) is 0 Å². The third-order valence-electron chi connectivity index (χ3n) is 2.68. The summed E-state index contributed by atoms with van der Waals surface area (Å²) in [7, 11) is 0. The first kappa shape index (κ1) is 2.15. The van der Waals surface area contributed by atoms with Crippen LogP contribution in [0.2, 0.25) is 0 Å². The Bertz CT molecular complexity index is 122. The van der Waals surface area contributed by atoms with Crippen molar-refractivity contribution in [2.45, 2.75) is 0 Å². The second-order valence-corrected chi connectivity index (χ2v) is 2.78. The van der Waals surface area contributed by atoms with Gasteiger partial charge in [0.15, 0.2) is 0 Å². The summed E-state index contributed by atoms with van der Waals surface area (Å²) in [4.78, 5) is 0. The van der Waals surface area contributed by atoms with Crippen molar-refractivity contribution in [3.8, 4) is 0 Å². The summed E-state index contributed by atoms with van der Waals surface area (Å²) in [6.45, 7) is 3.91. The van der Waals surface area contributed by atoms with Gasteiger partial charge in [0.1, 0.15) is 0 Å². The van der Waals surface area contributed by atoms with Crippen LogP contribution in [0.15, 0.2) is 12.2 Å². The number of rotatable bonds is 0. The van der Waals surface area contributed by atoms with Crippen LogP contribution < -0.4 is 0 Å². The van der Waals surface area contributed by atoms with Crippen LogP contribution in [-0.2, 0) is 0 Å². The molecule has 30 valence electrons. The minimum atomic E-state index is 1.06. The van der Waals surface area contributed by atoms with Gasteiger partial charge in [-0.25, -0.2) is 0 Å². The molecular weight excluding hydrogens is 72.1 g/mol. The Balaban J connectivity index is 2.30. The summed E-state index contributed by atoms with van der Waals surface area (Å²) in [5, 5.41) is 0. The van der Waals surface area contributed by atoms with Gasteiger partial charge < -0.3 is 0 Å². The Hall–Kier alpha value is -0.260. The quantitative estimate of drug-likeness (QED) is 0.380. The van der Waals surface area contributed by atoms with Crippen molar-refractivity contribution in [3.05, 3.63) is 12.2 Å². The number of hydrogen-bond donors (Lipinski definition) is 0. The molecule has 0 spiro atoms. The smallest absolute Gasteiger partial charge is 0.0128 e. The molecule has 0 N–H and O–H groups in total. The van der Waals surface area contributed by atoms with Crippen molar-refractivity contribution in [2.75, 3.05) is 0 Å². The van der Waals surface area contributed by atoms with Gasteiger partial charge in [0, 0.05) is 0 Å². The van der Waals surface area contributed by atoms with Gasteiger partial charge in [-0.05, 0) is 23.7 Å². The molecule has 4 saturated carbocycles. The highest BCUT2D eigenvalue weighted by molar-refractivity contribution is 5.51. The lowest BCUT2D eigenvalue weighted by Crippen LogP contribution is -2.19. The Morgan fingerprint density at radius 2 is 1.67 bits per heavy atom. The van der Waals surface area contributed by atoms with Crippen LogP contribution >= 0.6 is 0 Å². The van der Waals surface area contributed by atoms with Crippen molar-refractivity contribution in [3.63, 3.8) is 0 Å². The van der Waals surface area contributed by atoms with E-state index in [9.17, 15) is 0 Å². The average molecular weight is 78.1 g/mol. The molecule has 0 aromatic carbocycles. The van der Waals surface area contributed by atoms with Gasteiger partial charge in [0.05, 0.1) is 0 Å². The first-order valence-corrected chi connectivity index (χ1v) is 2.60. The molecule has 0 aromatic rings. The van der Waals surface area contributed by atoms with Crippen molar-refractivity contribution in [1.29, 1.82) is 0 Å². The highest BCUT2D eigenvalue weighted by Gasteiger charge is 2.85. The summed E-state index contributed by atoms with van der Waals surface area (Å²) < 4.78 is 0. The minimum absolute atomic E-state index is 1.06. The van der Waals surface area contributed by atoms with Gasteiger partial charge in [-0.15, -0.1) is 0 Å². The van der Waals surface area contributed by atoms with Crippen molar-refractivity contribution in [1.82, 2.24) is 0 Å². The van der Waals surface area contributed by atoms with Crippen molar-refractivity contribution >= 4 is 0 Å². The topological polar surface area (TPSA) is 0 Å². The molecular formula is C6H6. The zero-order chi connectivity index (χ0) is 3.89. The Morgan fingerprint density at radius 3 is 1.67 bits per heavy atom. The monoisotopic (exact) mass is 78.0 g/mol.